The van der Waals surface area contributed by atoms with Crippen molar-refractivity contribution in [3.05, 3.63) is 41.6 Å². The van der Waals surface area contributed by atoms with Gasteiger partial charge in [-0.15, -0.1) is 0 Å². The van der Waals surface area contributed by atoms with Crippen LogP contribution >= 0.6 is 0 Å². The molecule has 2 rings (SSSR count). The van der Waals surface area contributed by atoms with Gasteiger partial charge in [-0.2, -0.15) is 5.10 Å². The van der Waals surface area contributed by atoms with Gasteiger partial charge in [0.1, 0.15) is 11.4 Å². The van der Waals surface area contributed by atoms with Gasteiger partial charge in [-0.3, -0.25) is 0 Å². The summed E-state index contributed by atoms with van der Waals surface area (Å²) in [6.07, 6.45) is 1.18. The van der Waals surface area contributed by atoms with E-state index in [0.717, 1.165) is 0 Å². The number of carbonyl (C=O) groups excluding carboxylic acids is 1. The van der Waals surface area contributed by atoms with E-state index in [-0.39, 0.29) is 11.4 Å². The Balaban J connectivity index is 2.31. The summed E-state index contributed by atoms with van der Waals surface area (Å²) in [7, 11) is 0. The SMILES string of the molecule is CCOC(=O)c1ccc(-n2ncc(C(=O)O)c2N)cc1. The Hall–Kier alpha value is -2.83. The minimum atomic E-state index is -1.14. The number of aromatic nitrogens is 2. The molecule has 0 saturated carbocycles. The summed E-state index contributed by atoms with van der Waals surface area (Å²) in [6, 6.07) is 6.35. The lowest BCUT2D eigenvalue weighted by Gasteiger charge is -2.06. The Morgan fingerprint density at radius 3 is 2.50 bits per heavy atom. The number of esters is 1. The molecule has 0 fully saturated rings. The smallest absolute Gasteiger partial charge is 0.341 e. The van der Waals surface area contributed by atoms with Crippen molar-refractivity contribution in [3.8, 4) is 5.69 Å². The standard InChI is InChI=1S/C13H13N3O4/c1-2-20-13(19)8-3-5-9(6-4-8)16-11(14)10(7-15-16)12(17)18/h3-7H,2,14H2,1H3,(H,17,18). The Labute approximate surface area is 114 Å². The van der Waals surface area contributed by atoms with Crippen LogP contribution < -0.4 is 5.73 Å². The third-order valence-electron chi connectivity index (χ3n) is 2.66. The maximum atomic E-state index is 11.5. The molecule has 0 spiro atoms. The molecular formula is C13H13N3O4. The lowest BCUT2D eigenvalue weighted by atomic mass is 10.2. The maximum absolute atomic E-state index is 11.5. The van der Waals surface area contributed by atoms with E-state index in [0.29, 0.717) is 17.9 Å². The fourth-order valence-corrected chi connectivity index (χ4v) is 1.68. The van der Waals surface area contributed by atoms with E-state index in [9.17, 15) is 9.59 Å². The number of benzene rings is 1. The summed E-state index contributed by atoms with van der Waals surface area (Å²) in [4.78, 5) is 22.4. The van der Waals surface area contributed by atoms with E-state index in [2.05, 4.69) is 5.10 Å². The van der Waals surface area contributed by atoms with Crippen molar-refractivity contribution in [3.63, 3.8) is 0 Å². The van der Waals surface area contributed by atoms with Crippen LogP contribution in [0.3, 0.4) is 0 Å². The lowest BCUT2D eigenvalue weighted by molar-refractivity contribution is 0.0526. The van der Waals surface area contributed by atoms with Crippen LogP contribution in [0, 0.1) is 0 Å². The third kappa shape index (κ3) is 2.46. The first-order valence-electron chi connectivity index (χ1n) is 5.89. The highest BCUT2D eigenvalue weighted by molar-refractivity contribution is 5.93. The molecule has 0 aliphatic rings. The molecule has 20 heavy (non-hydrogen) atoms. The fourth-order valence-electron chi connectivity index (χ4n) is 1.68. The second-order valence-electron chi connectivity index (χ2n) is 3.93. The van der Waals surface area contributed by atoms with Gasteiger partial charge < -0.3 is 15.6 Å². The van der Waals surface area contributed by atoms with Gasteiger partial charge in [-0.05, 0) is 31.2 Å². The van der Waals surface area contributed by atoms with Gasteiger partial charge in [-0.1, -0.05) is 0 Å². The van der Waals surface area contributed by atoms with Crippen LogP contribution in [-0.2, 0) is 4.74 Å². The molecule has 0 unspecified atom stereocenters. The Morgan fingerprint density at radius 2 is 2.00 bits per heavy atom. The first-order chi connectivity index (χ1) is 9.54. The van der Waals surface area contributed by atoms with Crippen molar-refractivity contribution in [2.24, 2.45) is 0 Å². The zero-order chi connectivity index (χ0) is 14.7. The summed E-state index contributed by atoms with van der Waals surface area (Å²) in [5, 5.41) is 12.8. The highest BCUT2D eigenvalue weighted by atomic mass is 16.5. The molecule has 0 radical (unpaired) electrons. The predicted molar refractivity (Wildman–Crippen MR) is 70.9 cm³/mol. The van der Waals surface area contributed by atoms with Crippen molar-refractivity contribution in [2.75, 3.05) is 12.3 Å². The number of nitrogens with two attached hydrogens (primary N) is 1. The zero-order valence-corrected chi connectivity index (χ0v) is 10.7. The Bertz CT molecular complexity index is 646. The number of aromatic carboxylic acids is 1. The number of nitrogens with zero attached hydrogens (tertiary/aromatic N) is 2. The van der Waals surface area contributed by atoms with Crippen molar-refractivity contribution >= 4 is 17.8 Å². The second-order valence-corrected chi connectivity index (χ2v) is 3.93. The number of nitrogen functional groups attached to an aromatic ring is 1. The van der Waals surface area contributed by atoms with Gasteiger partial charge >= 0.3 is 11.9 Å². The van der Waals surface area contributed by atoms with Crippen LogP contribution in [0.1, 0.15) is 27.6 Å². The van der Waals surface area contributed by atoms with Gasteiger partial charge in [0, 0.05) is 0 Å². The van der Waals surface area contributed by atoms with Gasteiger partial charge in [0.05, 0.1) is 24.1 Å². The number of anilines is 1. The lowest BCUT2D eigenvalue weighted by Crippen LogP contribution is -2.07. The van der Waals surface area contributed by atoms with Crippen molar-refractivity contribution in [1.82, 2.24) is 9.78 Å². The number of ether oxygens (including phenoxy) is 1. The van der Waals surface area contributed by atoms with Crippen LogP contribution in [0.2, 0.25) is 0 Å². The monoisotopic (exact) mass is 275 g/mol. The molecule has 1 heterocycles. The number of carboxylic acid groups (broad SMARTS) is 1. The summed E-state index contributed by atoms with van der Waals surface area (Å²) < 4.78 is 6.16. The molecule has 0 amide bonds. The highest BCUT2D eigenvalue weighted by Gasteiger charge is 2.15. The molecule has 1 aromatic carbocycles. The molecule has 0 saturated heterocycles. The van der Waals surface area contributed by atoms with E-state index in [4.69, 9.17) is 15.6 Å². The molecule has 2 aromatic rings. The highest BCUT2D eigenvalue weighted by Crippen LogP contribution is 2.17. The van der Waals surface area contributed by atoms with Crippen LogP contribution in [0.25, 0.3) is 5.69 Å². The molecular weight excluding hydrogens is 262 g/mol. The van der Waals surface area contributed by atoms with E-state index in [1.807, 2.05) is 0 Å². The number of hydrogen-bond acceptors (Lipinski definition) is 5. The fraction of sp³-hybridized carbons (Fsp3) is 0.154. The molecule has 7 heteroatoms. The molecule has 0 aliphatic carbocycles. The predicted octanol–water partition coefficient (Wildman–Crippen LogP) is 1.33. The summed E-state index contributed by atoms with van der Waals surface area (Å²) in [5.41, 5.74) is 6.60. The van der Waals surface area contributed by atoms with Crippen LogP contribution in [0.4, 0.5) is 5.82 Å². The molecule has 1 aromatic heterocycles. The second kappa shape index (κ2) is 5.43. The maximum Gasteiger partial charge on any atom is 0.341 e. The summed E-state index contributed by atoms with van der Waals surface area (Å²) in [5.74, 6) is -1.53. The van der Waals surface area contributed by atoms with E-state index < -0.39 is 11.9 Å². The van der Waals surface area contributed by atoms with Crippen LogP contribution in [0.5, 0.6) is 0 Å². The van der Waals surface area contributed by atoms with Crippen LogP contribution in [0.15, 0.2) is 30.5 Å². The molecule has 104 valence electrons. The normalized spacial score (nSPS) is 10.2. The van der Waals surface area contributed by atoms with Gasteiger partial charge in [0.15, 0.2) is 0 Å². The Kier molecular flexibility index (Phi) is 3.69. The van der Waals surface area contributed by atoms with Crippen molar-refractivity contribution < 1.29 is 19.4 Å². The third-order valence-corrected chi connectivity index (χ3v) is 2.66. The van der Waals surface area contributed by atoms with E-state index >= 15 is 0 Å². The average molecular weight is 275 g/mol. The first kappa shape index (κ1) is 13.6. The van der Waals surface area contributed by atoms with E-state index in [1.165, 1.54) is 10.9 Å². The number of hydrogen-bond donors (Lipinski definition) is 2. The Morgan fingerprint density at radius 1 is 1.35 bits per heavy atom. The van der Waals surface area contributed by atoms with Crippen molar-refractivity contribution in [1.29, 1.82) is 0 Å². The number of rotatable bonds is 4. The number of carboxylic acids is 1. The first-order valence-corrected chi connectivity index (χ1v) is 5.89. The molecule has 7 nitrogen and oxygen atoms in total. The van der Waals surface area contributed by atoms with Gasteiger partial charge in [0.25, 0.3) is 0 Å². The summed E-state index contributed by atoms with van der Waals surface area (Å²) in [6.45, 7) is 2.03. The number of carbonyl (C=O) groups is 2. The van der Waals surface area contributed by atoms with E-state index in [1.54, 1.807) is 31.2 Å². The molecule has 0 bridgehead atoms. The largest absolute Gasteiger partial charge is 0.477 e. The average Bonchev–Trinajstić information content (AvgIpc) is 2.81. The van der Waals surface area contributed by atoms with Crippen LogP contribution in [-0.4, -0.2) is 33.4 Å². The summed E-state index contributed by atoms with van der Waals surface area (Å²) >= 11 is 0. The molecule has 0 aliphatic heterocycles. The quantitative estimate of drug-likeness (QED) is 0.815. The zero-order valence-electron chi connectivity index (χ0n) is 10.7. The minimum Gasteiger partial charge on any atom is -0.477 e. The van der Waals surface area contributed by atoms with Gasteiger partial charge in [0.2, 0.25) is 0 Å². The topological polar surface area (TPSA) is 107 Å². The molecule has 0 atom stereocenters. The minimum absolute atomic E-state index is 0.0291. The molecule has 3 N–H and O–H groups in total. The van der Waals surface area contributed by atoms with Crippen molar-refractivity contribution in [2.45, 2.75) is 6.92 Å². The van der Waals surface area contributed by atoms with Gasteiger partial charge in [-0.25, -0.2) is 14.3 Å².